The zero-order chi connectivity index (χ0) is 13.8. The van der Waals surface area contributed by atoms with Crippen molar-refractivity contribution in [3.8, 4) is 0 Å². The Morgan fingerprint density at radius 1 is 1.16 bits per heavy atom. The highest BCUT2D eigenvalue weighted by Gasteiger charge is 2.10. The Balaban J connectivity index is 2.42. The molecule has 2 aromatic rings. The van der Waals surface area contributed by atoms with Crippen LogP contribution in [-0.2, 0) is 5.33 Å². The molecule has 0 saturated heterocycles. The number of rotatable bonds is 4. The number of alkyl halides is 1. The zero-order valence-corrected chi connectivity index (χ0v) is 12.7. The van der Waals surface area contributed by atoms with E-state index in [1.807, 2.05) is 6.07 Å². The average Bonchev–Trinajstić information content (AvgIpc) is 2.41. The molecule has 0 aliphatic rings. The van der Waals surface area contributed by atoms with Gasteiger partial charge in [0.25, 0.3) is 0 Å². The molecule has 0 aromatic heterocycles. The van der Waals surface area contributed by atoms with E-state index in [0.717, 1.165) is 23.2 Å². The molecule has 0 fully saturated rings. The van der Waals surface area contributed by atoms with Crippen LogP contribution in [0.1, 0.15) is 18.1 Å². The van der Waals surface area contributed by atoms with Crippen LogP contribution in [0.25, 0.3) is 0 Å². The van der Waals surface area contributed by atoms with Crippen LogP contribution < -0.4 is 4.90 Å². The summed E-state index contributed by atoms with van der Waals surface area (Å²) in [6.45, 7) is 4.96. The fourth-order valence-electron chi connectivity index (χ4n) is 2.24. The minimum atomic E-state index is -0.203. The molecule has 0 bridgehead atoms. The standard InChI is InChI=1S/C16H17BrFN/c1-3-19(15-6-4-5-14(18)10-15)16-8-7-13(11-17)9-12(16)2/h4-10H,3,11H2,1-2H3. The molecule has 0 aliphatic heterocycles. The van der Waals surface area contributed by atoms with Gasteiger partial charge in [-0.25, -0.2) is 4.39 Å². The van der Waals surface area contributed by atoms with Gasteiger partial charge in [0.15, 0.2) is 0 Å². The summed E-state index contributed by atoms with van der Waals surface area (Å²) >= 11 is 3.46. The van der Waals surface area contributed by atoms with Gasteiger partial charge in [0.05, 0.1) is 0 Å². The van der Waals surface area contributed by atoms with Gasteiger partial charge >= 0.3 is 0 Å². The van der Waals surface area contributed by atoms with Gasteiger partial charge in [-0.3, -0.25) is 0 Å². The van der Waals surface area contributed by atoms with Crippen LogP contribution in [0.4, 0.5) is 15.8 Å². The molecule has 0 atom stereocenters. The topological polar surface area (TPSA) is 3.24 Å². The molecule has 100 valence electrons. The monoisotopic (exact) mass is 321 g/mol. The summed E-state index contributed by atoms with van der Waals surface area (Å²) in [5, 5.41) is 0.847. The van der Waals surface area contributed by atoms with Crippen molar-refractivity contribution in [2.45, 2.75) is 19.2 Å². The van der Waals surface area contributed by atoms with Crippen LogP contribution >= 0.6 is 15.9 Å². The molecule has 1 nitrogen and oxygen atoms in total. The smallest absolute Gasteiger partial charge is 0.125 e. The Morgan fingerprint density at radius 2 is 1.95 bits per heavy atom. The van der Waals surface area contributed by atoms with Gasteiger partial charge in [-0.15, -0.1) is 0 Å². The molecule has 0 saturated carbocycles. The van der Waals surface area contributed by atoms with Gasteiger partial charge in [0.1, 0.15) is 5.82 Å². The highest BCUT2D eigenvalue weighted by Crippen LogP contribution is 2.29. The largest absolute Gasteiger partial charge is 0.341 e. The van der Waals surface area contributed by atoms with Crippen molar-refractivity contribution >= 4 is 27.3 Å². The van der Waals surface area contributed by atoms with E-state index in [2.05, 4.69) is 52.9 Å². The highest BCUT2D eigenvalue weighted by atomic mass is 79.9. The third kappa shape index (κ3) is 3.16. The van der Waals surface area contributed by atoms with E-state index in [0.29, 0.717) is 0 Å². The minimum Gasteiger partial charge on any atom is -0.341 e. The summed E-state index contributed by atoms with van der Waals surface area (Å²) in [6, 6.07) is 13.1. The van der Waals surface area contributed by atoms with Crippen molar-refractivity contribution in [1.29, 1.82) is 0 Å². The Kier molecular flexibility index (Phi) is 4.59. The van der Waals surface area contributed by atoms with Gasteiger partial charge in [-0.1, -0.05) is 34.1 Å². The summed E-state index contributed by atoms with van der Waals surface area (Å²) in [6.07, 6.45) is 0. The summed E-state index contributed by atoms with van der Waals surface area (Å²) in [5.74, 6) is -0.203. The number of nitrogens with zero attached hydrogens (tertiary/aromatic N) is 1. The van der Waals surface area contributed by atoms with Crippen LogP contribution in [0, 0.1) is 12.7 Å². The van der Waals surface area contributed by atoms with Crippen molar-refractivity contribution in [3.63, 3.8) is 0 Å². The van der Waals surface area contributed by atoms with Crippen LogP contribution in [-0.4, -0.2) is 6.54 Å². The lowest BCUT2D eigenvalue weighted by Crippen LogP contribution is -2.17. The molecule has 0 unspecified atom stereocenters. The van der Waals surface area contributed by atoms with Gasteiger partial charge in [0, 0.05) is 23.2 Å². The first-order valence-electron chi connectivity index (χ1n) is 6.34. The predicted molar refractivity (Wildman–Crippen MR) is 82.9 cm³/mol. The number of hydrogen-bond acceptors (Lipinski definition) is 1. The van der Waals surface area contributed by atoms with Gasteiger partial charge < -0.3 is 4.90 Å². The quantitative estimate of drug-likeness (QED) is 0.701. The van der Waals surface area contributed by atoms with Crippen molar-refractivity contribution in [3.05, 3.63) is 59.4 Å². The van der Waals surface area contributed by atoms with E-state index in [4.69, 9.17) is 0 Å². The lowest BCUT2D eigenvalue weighted by Gasteiger charge is -2.25. The number of halogens is 2. The third-order valence-electron chi connectivity index (χ3n) is 3.14. The molecular formula is C16H17BrFN. The SMILES string of the molecule is CCN(c1cccc(F)c1)c1ccc(CBr)cc1C. The second-order valence-electron chi connectivity index (χ2n) is 4.48. The second-order valence-corrected chi connectivity index (χ2v) is 5.04. The Morgan fingerprint density at radius 3 is 2.53 bits per heavy atom. The molecule has 0 spiro atoms. The molecule has 2 rings (SSSR count). The Bertz CT molecular complexity index is 568. The summed E-state index contributed by atoms with van der Waals surface area (Å²) < 4.78 is 13.4. The van der Waals surface area contributed by atoms with Crippen molar-refractivity contribution in [2.75, 3.05) is 11.4 Å². The van der Waals surface area contributed by atoms with Crippen molar-refractivity contribution in [1.82, 2.24) is 0 Å². The summed E-state index contributed by atoms with van der Waals surface area (Å²) in [4.78, 5) is 2.12. The number of anilines is 2. The normalized spacial score (nSPS) is 10.5. The molecule has 2 aromatic carbocycles. The maximum Gasteiger partial charge on any atom is 0.125 e. The van der Waals surface area contributed by atoms with E-state index in [1.165, 1.54) is 17.2 Å². The lowest BCUT2D eigenvalue weighted by atomic mass is 10.1. The molecule has 0 heterocycles. The van der Waals surface area contributed by atoms with Crippen LogP contribution in [0.5, 0.6) is 0 Å². The summed E-state index contributed by atoms with van der Waals surface area (Å²) in [5.41, 5.74) is 4.45. The van der Waals surface area contributed by atoms with Gasteiger partial charge in [-0.05, 0) is 49.2 Å². The molecule has 0 aliphatic carbocycles. The van der Waals surface area contributed by atoms with E-state index < -0.39 is 0 Å². The molecule has 19 heavy (non-hydrogen) atoms. The van der Waals surface area contributed by atoms with Gasteiger partial charge in [-0.2, -0.15) is 0 Å². The lowest BCUT2D eigenvalue weighted by molar-refractivity contribution is 0.627. The molecular weight excluding hydrogens is 305 g/mol. The van der Waals surface area contributed by atoms with Crippen LogP contribution in [0.2, 0.25) is 0 Å². The number of aryl methyl sites for hydroxylation is 1. The predicted octanol–water partition coefficient (Wildman–Crippen LogP) is 5.19. The number of hydrogen-bond donors (Lipinski definition) is 0. The Labute approximate surface area is 122 Å². The van der Waals surface area contributed by atoms with Crippen LogP contribution in [0.15, 0.2) is 42.5 Å². The zero-order valence-electron chi connectivity index (χ0n) is 11.2. The first-order valence-corrected chi connectivity index (χ1v) is 7.46. The Hall–Kier alpha value is -1.35. The van der Waals surface area contributed by atoms with Gasteiger partial charge in [0.2, 0.25) is 0 Å². The first kappa shape index (κ1) is 14.1. The maximum atomic E-state index is 13.4. The second kappa shape index (κ2) is 6.20. The molecule has 3 heteroatoms. The molecule has 0 N–H and O–H groups in total. The molecule has 0 amide bonds. The molecule has 0 radical (unpaired) electrons. The van der Waals surface area contributed by atoms with E-state index in [-0.39, 0.29) is 5.82 Å². The van der Waals surface area contributed by atoms with Crippen molar-refractivity contribution in [2.24, 2.45) is 0 Å². The third-order valence-corrected chi connectivity index (χ3v) is 3.79. The van der Waals surface area contributed by atoms with E-state index >= 15 is 0 Å². The van der Waals surface area contributed by atoms with Crippen LogP contribution in [0.3, 0.4) is 0 Å². The van der Waals surface area contributed by atoms with Crippen molar-refractivity contribution < 1.29 is 4.39 Å². The van der Waals surface area contributed by atoms with E-state index in [1.54, 1.807) is 12.1 Å². The first-order chi connectivity index (χ1) is 9.15. The minimum absolute atomic E-state index is 0.203. The fourth-order valence-corrected chi connectivity index (χ4v) is 2.59. The average molecular weight is 322 g/mol. The van der Waals surface area contributed by atoms with E-state index in [9.17, 15) is 4.39 Å². The summed E-state index contributed by atoms with van der Waals surface area (Å²) in [7, 11) is 0. The maximum absolute atomic E-state index is 13.4. The highest BCUT2D eigenvalue weighted by molar-refractivity contribution is 9.08. The number of benzene rings is 2. The fraction of sp³-hybridized carbons (Fsp3) is 0.250.